The van der Waals surface area contributed by atoms with E-state index in [1.54, 1.807) is 36.4 Å². The van der Waals surface area contributed by atoms with Crippen molar-refractivity contribution in [2.75, 3.05) is 0 Å². The van der Waals surface area contributed by atoms with E-state index in [0.29, 0.717) is 11.1 Å². The molecule has 0 saturated carbocycles. The number of hydrogen-bond acceptors (Lipinski definition) is 2. The molecule has 1 unspecified atom stereocenters. The highest BCUT2D eigenvalue weighted by atomic mass is 16.3. The monoisotopic (exact) mass is 251 g/mol. The number of hydrogen-bond donors (Lipinski definition) is 2. The molecule has 1 heterocycles. The summed E-state index contributed by atoms with van der Waals surface area (Å²) in [5.74, 6) is -0.254. The van der Waals surface area contributed by atoms with Gasteiger partial charge in [0.15, 0.2) is 5.72 Å². The Morgan fingerprint density at radius 1 is 1.00 bits per heavy atom. The highest BCUT2D eigenvalue weighted by Crippen LogP contribution is 2.30. The normalized spacial score (nSPS) is 21.4. The molecular weight excluding hydrogens is 238 g/mol. The molecule has 0 radical (unpaired) electrons. The Balaban J connectivity index is 1.98. The minimum atomic E-state index is -1.43. The molecule has 0 aromatic heterocycles. The molecule has 19 heavy (non-hydrogen) atoms. The van der Waals surface area contributed by atoms with E-state index in [1.165, 1.54) is 0 Å². The lowest BCUT2D eigenvalue weighted by molar-refractivity contribution is 0.0538. The third-order valence-electron chi connectivity index (χ3n) is 3.20. The van der Waals surface area contributed by atoms with E-state index < -0.39 is 5.72 Å². The number of benzene rings is 2. The summed E-state index contributed by atoms with van der Waals surface area (Å²) in [6, 6.07) is 16.7. The van der Waals surface area contributed by atoms with Crippen LogP contribution in [0, 0.1) is 0 Å². The van der Waals surface area contributed by atoms with Crippen molar-refractivity contribution < 1.29 is 9.90 Å². The molecule has 0 bridgehead atoms. The van der Waals surface area contributed by atoms with Gasteiger partial charge in [0.2, 0.25) is 0 Å². The van der Waals surface area contributed by atoms with Crippen LogP contribution in [0.1, 0.15) is 21.5 Å². The second kappa shape index (κ2) is 4.37. The molecule has 1 aliphatic rings. The van der Waals surface area contributed by atoms with Gasteiger partial charge in [-0.2, -0.15) is 0 Å². The third kappa shape index (κ3) is 2.04. The third-order valence-corrected chi connectivity index (χ3v) is 3.20. The molecule has 0 spiro atoms. The van der Waals surface area contributed by atoms with Crippen molar-refractivity contribution >= 4 is 12.0 Å². The second-order valence-electron chi connectivity index (χ2n) is 4.51. The largest absolute Gasteiger partial charge is 0.364 e. The first kappa shape index (κ1) is 11.7. The molecule has 2 aromatic carbocycles. The topological polar surface area (TPSA) is 49.3 Å². The summed E-state index contributed by atoms with van der Waals surface area (Å²) in [5, 5.41) is 13.2. The van der Waals surface area contributed by atoms with Gasteiger partial charge in [-0.25, -0.2) is 0 Å². The number of aliphatic hydroxyl groups is 1. The lowest BCUT2D eigenvalue weighted by atomic mass is 10.0. The predicted octanol–water partition coefficient (Wildman–Crippen LogP) is 2.29. The molecular formula is C16H13NO2. The first-order valence-corrected chi connectivity index (χ1v) is 6.08. The van der Waals surface area contributed by atoms with Crippen LogP contribution < -0.4 is 5.32 Å². The molecule has 0 aliphatic carbocycles. The molecule has 3 rings (SSSR count). The summed E-state index contributed by atoms with van der Waals surface area (Å²) >= 11 is 0. The van der Waals surface area contributed by atoms with Gasteiger partial charge in [-0.3, -0.25) is 4.79 Å². The number of carbonyl (C=O) groups excluding carboxylic acids is 1. The fourth-order valence-electron chi connectivity index (χ4n) is 2.23. The maximum Gasteiger partial charge on any atom is 0.254 e. The number of carbonyl (C=O) groups is 1. The average molecular weight is 251 g/mol. The second-order valence-corrected chi connectivity index (χ2v) is 4.51. The van der Waals surface area contributed by atoms with Crippen LogP contribution in [0.15, 0.2) is 60.7 Å². The Hall–Kier alpha value is -2.39. The van der Waals surface area contributed by atoms with Crippen LogP contribution in [0.5, 0.6) is 0 Å². The highest BCUT2D eigenvalue weighted by molar-refractivity contribution is 6.00. The predicted molar refractivity (Wildman–Crippen MR) is 73.3 cm³/mol. The summed E-state index contributed by atoms with van der Waals surface area (Å²) in [4.78, 5) is 11.8. The Morgan fingerprint density at radius 2 is 1.68 bits per heavy atom. The number of rotatable bonds is 2. The minimum Gasteiger partial charge on any atom is -0.364 e. The van der Waals surface area contributed by atoms with Gasteiger partial charge in [0.25, 0.3) is 5.91 Å². The zero-order valence-electron chi connectivity index (χ0n) is 10.2. The molecule has 1 amide bonds. The Bertz CT molecular complexity index is 649. The smallest absolute Gasteiger partial charge is 0.254 e. The van der Waals surface area contributed by atoms with Crippen LogP contribution in [0.4, 0.5) is 0 Å². The van der Waals surface area contributed by atoms with Crippen LogP contribution in [-0.4, -0.2) is 11.0 Å². The van der Waals surface area contributed by atoms with E-state index in [9.17, 15) is 9.90 Å². The SMILES string of the molecule is O=C1NC(O)(/C=C/c2ccccc2)c2ccccc21. The standard InChI is InChI=1S/C16H13NO2/c18-15-13-8-4-5-9-14(13)16(19,17-15)11-10-12-6-2-1-3-7-12/h1-11,19H,(H,17,18)/b11-10+. The van der Waals surface area contributed by atoms with Crippen molar-refractivity contribution in [2.24, 2.45) is 0 Å². The van der Waals surface area contributed by atoms with E-state index in [2.05, 4.69) is 5.32 Å². The van der Waals surface area contributed by atoms with E-state index in [1.807, 2.05) is 30.3 Å². The van der Waals surface area contributed by atoms with E-state index in [0.717, 1.165) is 5.56 Å². The van der Waals surface area contributed by atoms with Crippen LogP contribution >= 0.6 is 0 Å². The van der Waals surface area contributed by atoms with Gasteiger partial charge in [0.05, 0.1) is 0 Å². The molecule has 0 saturated heterocycles. The molecule has 1 atom stereocenters. The summed E-state index contributed by atoms with van der Waals surface area (Å²) in [7, 11) is 0. The lowest BCUT2D eigenvalue weighted by Gasteiger charge is -2.19. The molecule has 3 heteroatoms. The Labute approximate surface area is 111 Å². The van der Waals surface area contributed by atoms with Crippen molar-refractivity contribution in [3.8, 4) is 0 Å². The van der Waals surface area contributed by atoms with Gasteiger partial charge in [-0.05, 0) is 17.7 Å². The number of amides is 1. The summed E-state index contributed by atoms with van der Waals surface area (Å²) in [5.41, 5.74) is 0.646. The fourth-order valence-corrected chi connectivity index (χ4v) is 2.23. The van der Waals surface area contributed by atoms with E-state index >= 15 is 0 Å². The van der Waals surface area contributed by atoms with Crippen LogP contribution in [0.3, 0.4) is 0 Å². The molecule has 3 nitrogen and oxygen atoms in total. The number of fused-ring (bicyclic) bond motifs is 1. The molecule has 2 aromatic rings. The van der Waals surface area contributed by atoms with E-state index in [-0.39, 0.29) is 5.91 Å². The van der Waals surface area contributed by atoms with Crippen LogP contribution in [0.2, 0.25) is 0 Å². The molecule has 0 fully saturated rings. The zero-order chi connectivity index (χ0) is 13.3. The summed E-state index contributed by atoms with van der Waals surface area (Å²) in [6.07, 6.45) is 3.40. The maximum atomic E-state index is 11.8. The van der Waals surface area contributed by atoms with Gasteiger partial charge in [0.1, 0.15) is 0 Å². The highest BCUT2D eigenvalue weighted by Gasteiger charge is 2.38. The molecule has 94 valence electrons. The Morgan fingerprint density at radius 3 is 2.47 bits per heavy atom. The quantitative estimate of drug-likeness (QED) is 0.860. The first-order chi connectivity index (χ1) is 9.19. The zero-order valence-corrected chi connectivity index (χ0v) is 10.2. The van der Waals surface area contributed by atoms with Crippen LogP contribution in [-0.2, 0) is 5.72 Å². The first-order valence-electron chi connectivity index (χ1n) is 6.08. The van der Waals surface area contributed by atoms with Gasteiger partial charge in [0, 0.05) is 11.1 Å². The van der Waals surface area contributed by atoms with Crippen LogP contribution in [0.25, 0.3) is 6.08 Å². The van der Waals surface area contributed by atoms with Gasteiger partial charge >= 0.3 is 0 Å². The Kier molecular flexibility index (Phi) is 2.69. The van der Waals surface area contributed by atoms with Gasteiger partial charge < -0.3 is 10.4 Å². The average Bonchev–Trinajstić information content (AvgIpc) is 2.71. The van der Waals surface area contributed by atoms with Gasteiger partial charge in [-0.1, -0.05) is 54.6 Å². The van der Waals surface area contributed by atoms with Gasteiger partial charge in [-0.15, -0.1) is 0 Å². The van der Waals surface area contributed by atoms with Crippen molar-refractivity contribution in [1.29, 1.82) is 0 Å². The molecule has 2 N–H and O–H groups in total. The van der Waals surface area contributed by atoms with Crippen molar-refractivity contribution in [2.45, 2.75) is 5.72 Å². The molecule has 1 aliphatic heterocycles. The fraction of sp³-hybridized carbons (Fsp3) is 0.0625. The minimum absolute atomic E-state index is 0.254. The maximum absolute atomic E-state index is 11.8. The number of nitrogens with one attached hydrogen (secondary N) is 1. The van der Waals surface area contributed by atoms with E-state index in [4.69, 9.17) is 0 Å². The van der Waals surface area contributed by atoms with Crippen molar-refractivity contribution in [3.05, 3.63) is 77.4 Å². The summed E-state index contributed by atoms with van der Waals surface area (Å²) in [6.45, 7) is 0. The van der Waals surface area contributed by atoms with Crippen molar-refractivity contribution in [3.63, 3.8) is 0 Å². The summed E-state index contributed by atoms with van der Waals surface area (Å²) < 4.78 is 0. The van der Waals surface area contributed by atoms with Crippen molar-refractivity contribution in [1.82, 2.24) is 5.32 Å². The lowest BCUT2D eigenvalue weighted by Crippen LogP contribution is -2.36.